The molecule has 2 fully saturated rings. The molecule has 6 nitrogen and oxygen atoms in total. The second kappa shape index (κ2) is 7.40. The zero-order valence-electron chi connectivity index (χ0n) is 13.7. The number of nitrogens with zero attached hydrogens (tertiary/aromatic N) is 1. The van der Waals surface area contributed by atoms with E-state index >= 15 is 0 Å². The normalized spacial score (nSPS) is 20.6. The maximum atomic E-state index is 12.9. The lowest BCUT2D eigenvalue weighted by Gasteiger charge is -2.29. The Balaban J connectivity index is 1.71. The first kappa shape index (κ1) is 17.0. The zero-order chi connectivity index (χ0) is 17.1. The summed E-state index contributed by atoms with van der Waals surface area (Å²) in [5.74, 6) is 0.676. The molecule has 1 aromatic carbocycles. The van der Waals surface area contributed by atoms with E-state index < -0.39 is 6.04 Å². The van der Waals surface area contributed by atoms with Gasteiger partial charge in [0.25, 0.3) is 5.91 Å². The standard InChI is InChI=1S/C17H22ClN3O3/c1-24-15-5-4-12(18)7-13(15)17(23)21-6-2-3-14(21)16(22)20-10-11-8-19-9-11/h4-5,7,11,14,19H,2-3,6,8-10H2,1H3,(H,20,22). The number of carbonyl (C=O) groups is 2. The van der Waals surface area contributed by atoms with E-state index in [0.717, 1.165) is 19.5 Å². The van der Waals surface area contributed by atoms with Crippen molar-refractivity contribution in [3.8, 4) is 5.75 Å². The number of likely N-dealkylation sites (tertiary alicyclic amines) is 1. The minimum Gasteiger partial charge on any atom is -0.496 e. The molecule has 0 aromatic heterocycles. The molecule has 0 aliphatic carbocycles. The fourth-order valence-corrected chi connectivity index (χ4v) is 3.31. The van der Waals surface area contributed by atoms with Gasteiger partial charge in [0.2, 0.25) is 5.91 Å². The van der Waals surface area contributed by atoms with Crippen molar-refractivity contribution in [1.29, 1.82) is 0 Å². The van der Waals surface area contributed by atoms with Crippen LogP contribution in [0.1, 0.15) is 23.2 Å². The number of halogens is 1. The molecule has 7 heteroatoms. The Bertz CT molecular complexity index is 634. The molecule has 0 saturated carbocycles. The number of hydrogen-bond acceptors (Lipinski definition) is 4. The third-order valence-corrected chi connectivity index (χ3v) is 4.87. The van der Waals surface area contributed by atoms with Gasteiger partial charge in [-0.2, -0.15) is 0 Å². The first-order chi connectivity index (χ1) is 11.6. The van der Waals surface area contributed by atoms with E-state index in [-0.39, 0.29) is 11.8 Å². The van der Waals surface area contributed by atoms with Crippen molar-refractivity contribution in [3.63, 3.8) is 0 Å². The summed E-state index contributed by atoms with van der Waals surface area (Å²) in [6, 6.07) is 4.52. The molecule has 130 valence electrons. The van der Waals surface area contributed by atoms with Gasteiger partial charge in [0.1, 0.15) is 11.8 Å². The quantitative estimate of drug-likeness (QED) is 0.838. The predicted octanol–water partition coefficient (Wildman–Crippen LogP) is 1.29. The lowest BCUT2D eigenvalue weighted by molar-refractivity contribution is -0.125. The van der Waals surface area contributed by atoms with Gasteiger partial charge in [0.15, 0.2) is 0 Å². The van der Waals surface area contributed by atoms with E-state index in [9.17, 15) is 9.59 Å². The lowest BCUT2D eigenvalue weighted by atomic mass is 10.0. The number of rotatable bonds is 5. The molecular weight excluding hydrogens is 330 g/mol. The van der Waals surface area contributed by atoms with Gasteiger partial charge in [-0.25, -0.2) is 0 Å². The smallest absolute Gasteiger partial charge is 0.258 e. The van der Waals surface area contributed by atoms with E-state index in [2.05, 4.69) is 10.6 Å². The monoisotopic (exact) mass is 351 g/mol. The maximum Gasteiger partial charge on any atom is 0.258 e. The van der Waals surface area contributed by atoms with E-state index in [4.69, 9.17) is 16.3 Å². The van der Waals surface area contributed by atoms with Crippen LogP contribution in [0, 0.1) is 5.92 Å². The van der Waals surface area contributed by atoms with Gasteiger partial charge >= 0.3 is 0 Å². The van der Waals surface area contributed by atoms with Crippen LogP contribution in [-0.2, 0) is 4.79 Å². The number of ether oxygens (including phenoxy) is 1. The molecule has 0 radical (unpaired) electrons. The summed E-state index contributed by atoms with van der Waals surface area (Å²) in [6.45, 7) is 3.10. The Kier molecular flexibility index (Phi) is 5.26. The molecular formula is C17H22ClN3O3. The highest BCUT2D eigenvalue weighted by molar-refractivity contribution is 6.31. The summed E-state index contributed by atoms with van der Waals surface area (Å²) in [5.41, 5.74) is 0.396. The van der Waals surface area contributed by atoms with E-state index in [1.807, 2.05) is 0 Å². The Morgan fingerprint density at radius 2 is 2.21 bits per heavy atom. The topological polar surface area (TPSA) is 70.7 Å². The van der Waals surface area contributed by atoms with Gasteiger partial charge < -0.3 is 20.3 Å². The van der Waals surface area contributed by atoms with Crippen LogP contribution in [0.4, 0.5) is 0 Å². The first-order valence-corrected chi connectivity index (χ1v) is 8.61. The molecule has 24 heavy (non-hydrogen) atoms. The lowest BCUT2D eigenvalue weighted by Crippen LogP contribution is -2.51. The number of carbonyl (C=O) groups excluding carboxylic acids is 2. The van der Waals surface area contributed by atoms with E-state index in [1.54, 1.807) is 23.1 Å². The average Bonchev–Trinajstić information content (AvgIpc) is 3.02. The van der Waals surface area contributed by atoms with Crippen molar-refractivity contribution in [1.82, 2.24) is 15.5 Å². The number of amides is 2. The molecule has 2 amide bonds. The summed E-state index contributed by atoms with van der Waals surface area (Å²) in [5, 5.41) is 6.62. The van der Waals surface area contributed by atoms with Crippen LogP contribution >= 0.6 is 11.6 Å². The zero-order valence-corrected chi connectivity index (χ0v) is 14.4. The SMILES string of the molecule is COc1ccc(Cl)cc1C(=O)N1CCCC1C(=O)NCC1CNC1. The van der Waals surface area contributed by atoms with Crippen molar-refractivity contribution < 1.29 is 14.3 Å². The third-order valence-electron chi connectivity index (χ3n) is 4.64. The van der Waals surface area contributed by atoms with Crippen LogP contribution in [0.5, 0.6) is 5.75 Å². The molecule has 1 unspecified atom stereocenters. The number of methoxy groups -OCH3 is 1. The highest BCUT2D eigenvalue weighted by Crippen LogP contribution is 2.27. The molecule has 1 atom stereocenters. The molecule has 2 aliphatic rings. The van der Waals surface area contributed by atoms with E-state index in [1.165, 1.54) is 7.11 Å². The Morgan fingerprint density at radius 1 is 1.42 bits per heavy atom. The summed E-state index contributed by atoms with van der Waals surface area (Å²) < 4.78 is 5.26. The van der Waals surface area contributed by atoms with Crippen molar-refractivity contribution in [2.24, 2.45) is 5.92 Å². The van der Waals surface area contributed by atoms with Gasteiger partial charge in [-0.3, -0.25) is 9.59 Å². The van der Waals surface area contributed by atoms with Gasteiger partial charge in [-0.05, 0) is 31.0 Å². The fraction of sp³-hybridized carbons (Fsp3) is 0.529. The number of nitrogens with one attached hydrogen (secondary N) is 2. The van der Waals surface area contributed by atoms with Crippen molar-refractivity contribution in [3.05, 3.63) is 28.8 Å². The van der Waals surface area contributed by atoms with Crippen LogP contribution in [0.3, 0.4) is 0 Å². The summed E-state index contributed by atoms with van der Waals surface area (Å²) in [7, 11) is 1.51. The molecule has 2 heterocycles. The largest absolute Gasteiger partial charge is 0.496 e. The minimum atomic E-state index is -0.422. The third kappa shape index (κ3) is 3.49. The number of benzene rings is 1. The van der Waals surface area contributed by atoms with Crippen molar-refractivity contribution in [2.75, 3.05) is 33.3 Å². The second-order valence-electron chi connectivity index (χ2n) is 6.27. The van der Waals surface area contributed by atoms with E-state index in [0.29, 0.717) is 41.8 Å². The first-order valence-electron chi connectivity index (χ1n) is 8.23. The second-order valence-corrected chi connectivity index (χ2v) is 6.71. The Hall–Kier alpha value is -1.79. The molecule has 0 bridgehead atoms. The molecule has 2 aliphatic heterocycles. The minimum absolute atomic E-state index is 0.0752. The molecule has 3 rings (SSSR count). The molecule has 2 N–H and O–H groups in total. The van der Waals surface area contributed by atoms with Gasteiger partial charge in [-0.15, -0.1) is 0 Å². The maximum absolute atomic E-state index is 12.9. The molecule has 0 spiro atoms. The van der Waals surface area contributed by atoms with Gasteiger partial charge in [0.05, 0.1) is 12.7 Å². The van der Waals surface area contributed by atoms with Crippen molar-refractivity contribution >= 4 is 23.4 Å². The summed E-state index contributed by atoms with van der Waals surface area (Å²) in [6.07, 6.45) is 1.50. The van der Waals surface area contributed by atoms with Crippen LogP contribution in [0.2, 0.25) is 5.02 Å². The van der Waals surface area contributed by atoms with Crippen LogP contribution in [0.15, 0.2) is 18.2 Å². The Morgan fingerprint density at radius 3 is 2.88 bits per heavy atom. The van der Waals surface area contributed by atoms with Crippen LogP contribution < -0.4 is 15.4 Å². The molecule has 1 aromatic rings. The summed E-state index contributed by atoms with van der Waals surface area (Å²) in [4.78, 5) is 27.0. The molecule has 2 saturated heterocycles. The number of hydrogen-bond donors (Lipinski definition) is 2. The highest BCUT2D eigenvalue weighted by Gasteiger charge is 2.35. The predicted molar refractivity (Wildman–Crippen MR) is 91.4 cm³/mol. The van der Waals surface area contributed by atoms with Crippen LogP contribution in [0.25, 0.3) is 0 Å². The highest BCUT2D eigenvalue weighted by atomic mass is 35.5. The fourth-order valence-electron chi connectivity index (χ4n) is 3.14. The van der Waals surface area contributed by atoms with Gasteiger partial charge in [0, 0.05) is 37.1 Å². The summed E-state index contributed by atoms with van der Waals surface area (Å²) >= 11 is 6.02. The Labute approximate surface area is 146 Å². The average molecular weight is 352 g/mol. The van der Waals surface area contributed by atoms with Gasteiger partial charge in [-0.1, -0.05) is 11.6 Å². The van der Waals surface area contributed by atoms with Crippen LogP contribution in [-0.4, -0.2) is 56.0 Å². The van der Waals surface area contributed by atoms with Crippen molar-refractivity contribution in [2.45, 2.75) is 18.9 Å².